The zero-order valence-corrected chi connectivity index (χ0v) is 8.75. The Morgan fingerprint density at radius 3 is 3.07 bits per heavy atom. The van der Waals surface area contributed by atoms with E-state index in [0.29, 0.717) is 12.4 Å². The number of nitrogens with zero attached hydrogens (tertiary/aromatic N) is 1. The average molecular weight is 212 g/mol. The molecule has 0 unspecified atom stereocenters. The molecule has 84 valence electrons. The highest BCUT2D eigenvalue weighted by Crippen LogP contribution is 2.13. The molecule has 1 heterocycles. The number of methoxy groups -OCH3 is 1. The summed E-state index contributed by atoms with van der Waals surface area (Å²) in [6.07, 6.45) is 3.22. The third-order valence-corrected chi connectivity index (χ3v) is 1.94. The molecule has 0 fully saturated rings. The molecule has 4 N–H and O–H groups in total. The van der Waals surface area contributed by atoms with E-state index in [2.05, 4.69) is 15.3 Å². The Labute approximate surface area is 87.9 Å². The zero-order chi connectivity index (χ0) is 11.1. The van der Waals surface area contributed by atoms with Crippen LogP contribution in [-0.4, -0.2) is 30.2 Å². The number of ether oxygens (including phenoxy) is 1. The van der Waals surface area contributed by atoms with Gasteiger partial charge in [0, 0.05) is 6.54 Å². The lowest BCUT2D eigenvalue weighted by Gasteiger charge is -2.07. The number of hydrogen-bond acceptors (Lipinski definition) is 5. The second-order valence-corrected chi connectivity index (χ2v) is 3.04. The van der Waals surface area contributed by atoms with Crippen molar-refractivity contribution in [2.24, 2.45) is 5.73 Å². The van der Waals surface area contributed by atoms with Crippen molar-refractivity contribution in [2.75, 3.05) is 25.5 Å². The van der Waals surface area contributed by atoms with Crippen LogP contribution in [0.1, 0.15) is 12.8 Å². The van der Waals surface area contributed by atoms with Crippen LogP contribution in [0.2, 0.25) is 0 Å². The highest BCUT2D eigenvalue weighted by Gasteiger charge is 2.07. The second-order valence-electron chi connectivity index (χ2n) is 3.04. The minimum atomic E-state index is -0.283. The first-order valence-electron chi connectivity index (χ1n) is 4.85. The maximum atomic E-state index is 11.3. The molecule has 1 rings (SSSR count). The Bertz CT molecular complexity index is 350. The van der Waals surface area contributed by atoms with E-state index >= 15 is 0 Å². The maximum absolute atomic E-state index is 11.3. The van der Waals surface area contributed by atoms with Gasteiger partial charge in [0.15, 0.2) is 5.82 Å². The Kier molecular flexibility index (Phi) is 4.62. The first kappa shape index (κ1) is 11.5. The summed E-state index contributed by atoms with van der Waals surface area (Å²) in [5, 5.41) is 3.03. The minimum absolute atomic E-state index is 0.213. The molecule has 0 radical (unpaired) electrons. The molecule has 0 atom stereocenters. The molecule has 0 aliphatic heterocycles. The number of nitrogens with two attached hydrogens (primary N) is 1. The summed E-state index contributed by atoms with van der Waals surface area (Å²) in [4.78, 5) is 17.7. The van der Waals surface area contributed by atoms with Crippen LogP contribution in [0, 0.1) is 0 Å². The summed E-state index contributed by atoms with van der Waals surface area (Å²) in [6.45, 7) is 1.39. The van der Waals surface area contributed by atoms with Crippen LogP contribution >= 0.6 is 0 Å². The molecule has 0 bridgehead atoms. The van der Waals surface area contributed by atoms with Crippen molar-refractivity contribution in [3.05, 3.63) is 16.7 Å². The standard InChI is InChI=1S/C9H16N4O2/c1-15-7-8(11-5-3-2-4-10)12-6-13-9(7)14/h6H,2-5,10H2,1H3,(H2,11,12,13,14). The molecule has 0 saturated carbocycles. The Morgan fingerprint density at radius 1 is 1.60 bits per heavy atom. The molecule has 6 heteroatoms. The van der Waals surface area contributed by atoms with Crippen LogP contribution in [0.15, 0.2) is 11.1 Å². The van der Waals surface area contributed by atoms with E-state index < -0.39 is 0 Å². The Morgan fingerprint density at radius 2 is 2.40 bits per heavy atom. The summed E-state index contributed by atoms with van der Waals surface area (Å²) in [5.41, 5.74) is 5.08. The van der Waals surface area contributed by atoms with E-state index in [1.54, 1.807) is 0 Å². The smallest absolute Gasteiger partial charge is 0.295 e. The molecule has 0 aliphatic carbocycles. The first-order valence-corrected chi connectivity index (χ1v) is 4.85. The highest BCUT2D eigenvalue weighted by molar-refractivity contribution is 5.47. The van der Waals surface area contributed by atoms with E-state index in [0.717, 1.165) is 19.4 Å². The molecule has 6 nitrogen and oxygen atoms in total. The third-order valence-electron chi connectivity index (χ3n) is 1.94. The molecule has 1 aromatic heterocycles. The molecule has 0 amide bonds. The van der Waals surface area contributed by atoms with Crippen LogP contribution < -0.4 is 21.3 Å². The minimum Gasteiger partial charge on any atom is -0.489 e. The topological polar surface area (TPSA) is 93.0 Å². The van der Waals surface area contributed by atoms with Crippen molar-refractivity contribution in [1.82, 2.24) is 9.97 Å². The van der Waals surface area contributed by atoms with E-state index in [1.807, 2.05) is 0 Å². The van der Waals surface area contributed by atoms with Crippen LogP contribution in [0.4, 0.5) is 5.82 Å². The lowest BCUT2D eigenvalue weighted by Crippen LogP contribution is -2.15. The van der Waals surface area contributed by atoms with Gasteiger partial charge in [-0.1, -0.05) is 0 Å². The first-order chi connectivity index (χ1) is 7.29. The molecule has 0 spiro atoms. The van der Waals surface area contributed by atoms with Crippen LogP contribution in [0.3, 0.4) is 0 Å². The van der Waals surface area contributed by atoms with Gasteiger partial charge in [0.05, 0.1) is 13.4 Å². The fourth-order valence-electron chi connectivity index (χ4n) is 1.18. The Balaban J connectivity index is 2.60. The van der Waals surface area contributed by atoms with Gasteiger partial charge in [-0.3, -0.25) is 4.79 Å². The van der Waals surface area contributed by atoms with Gasteiger partial charge >= 0.3 is 0 Å². The van der Waals surface area contributed by atoms with Crippen LogP contribution in [0.25, 0.3) is 0 Å². The van der Waals surface area contributed by atoms with Gasteiger partial charge in [0.1, 0.15) is 0 Å². The number of aromatic amines is 1. The van der Waals surface area contributed by atoms with Gasteiger partial charge in [-0.15, -0.1) is 0 Å². The molecule has 15 heavy (non-hydrogen) atoms. The molecule has 0 aliphatic rings. The van der Waals surface area contributed by atoms with Crippen molar-refractivity contribution in [1.29, 1.82) is 0 Å². The fraction of sp³-hybridized carbons (Fsp3) is 0.556. The van der Waals surface area contributed by atoms with Gasteiger partial charge < -0.3 is 20.8 Å². The monoisotopic (exact) mass is 212 g/mol. The Hall–Kier alpha value is -1.56. The lowest BCUT2D eigenvalue weighted by atomic mass is 10.3. The quantitative estimate of drug-likeness (QED) is 0.574. The zero-order valence-electron chi connectivity index (χ0n) is 8.75. The lowest BCUT2D eigenvalue weighted by molar-refractivity contribution is 0.408. The van der Waals surface area contributed by atoms with Gasteiger partial charge in [0.25, 0.3) is 5.56 Å². The number of nitrogens with one attached hydrogen (secondary N) is 2. The number of hydrogen-bond donors (Lipinski definition) is 3. The predicted molar refractivity (Wildman–Crippen MR) is 58.2 cm³/mol. The predicted octanol–water partition coefficient (Wildman–Crippen LogP) is -0.0707. The molecular formula is C9H16N4O2. The van der Waals surface area contributed by atoms with E-state index in [1.165, 1.54) is 13.4 Å². The summed E-state index contributed by atoms with van der Waals surface area (Å²) in [7, 11) is 1.44. The van der Waals surface area contributed by atoms with Crippen molar-refractivity contribution in [3.63, 3.8) is 0 Å². The number of rotatable bonds is 6. The van der Waals surface area contributed by atoms with Crippen molar-refractivity contribution in [2.45, 2.75) is 12.8 Å². The van der Waals surface area contributed by atoms with Crippen LogP contribution in [-0.2, 0) is 0 Å². The number of H-pyrrole nitrogens is 1. The second kappa shape index (κ2) is 6.02. The van der Waals surface area contributed by atoms with Gasteiger partial charge in [-0.25, -0.2) is 4.98 Å². The van der Waals surface area contributed by atoms with Gasteiger partial charge in [-0.05, 0) is 19.4 Å². The number of anilines is 1. The largest absolute Gasteiger partial charge is 0.489 e. The molecule has 1 aromatic rings. The van der Waals surface area contributed by atoms with E-state index in [4.69, 9.17) is 10.5 Å². The van der Waals surface area contributed by atoms with E-state index in [-0.39, 0.29) is 11.3 Å². The van der Waals surface area contributed by atoms with Crippen molar-refractivity contribution >= 4 is 5.82 Å². The molecule has 0 aromatic carbocycles. The van der Waals surface area contributed by atoms with Crippen molar-refractivity contribution in [3.8, 4) is 5.75 Å². The summed E-state index contributed by atoms with van der Waals surface area (Å²) < 4.78 is 4.94. The van der Waals surface area contributed by atoms with Crippen molar-refractivity contribution < 1.29 is 4.74 Å². The maximum Gasteiger partial charge on any atom is 0.295 e. The summed E-state index contributed by atoms with van der Waals surface area (Å²) >= 11 is 0. The van der Waals surface area contributed by atoms with Crippen LogP contribution in [0.5, 0.6) is 5.75 Å². The summed E-state index contributed by atoms with van der Waals surface area (Å²) in [6, 6.07) is 0. The summed E-state index contributed by atoms with van der Waals surface area (Å²) in [5.74, 6) is 0.684. The van der Waals surface area contributed by atoms with E-state index in [9.17, 15) is 4.79 Å². The average Bonchev–Trinajstić information content (AvgIpc) is 2.24. The number of unbranched alkanes of at least 4 members (excludes halogenated alkanes) is 1. The van der Waals surface area contributed by atoms with Gasteiger partial charge in [-0.2, -0.15) is 0 Å². The highest BCUT2D eigenvalue weighted by atomic mass is 16.5. The fourth-order valence-corrected chi connectivity index (χ4v) is 1.18. The SMILES string of the molecule is COc1c(NCCCCN)nc[nH]c1=O. The molecule has 0 saturated heterocycles. The number of aromatic nitrogens is 2. The third kappa shape index (κ3) is 3.25. The normalized spacial score (nSPS) is 10.0. The van der Waals surface area contributed by atoms with Gasteiger partial charge in [0.2, 0.25) is 5.75 Å². The molecular weight excluding hydrogens is 196 g/mol.